The maximum absolute atomic E-state index is 12.7. The molecule has 1 amide bonds. The molecule has 1 fully saturated rings. The zero-order valence-corrected chi connectivity index (χ0v) is 19.0. The van der Waals surface area contributed by atoms with Crippen molar-refractivity contribution in [1.82, 2.24) is 10.2 Å². The molecule has 4 N–H and O–H groups in total. The second kappa shape index (κ2) is 14.0. The highest BCUT2D eigenvalue weighted by Crippen LogP contribution is 2.23. The number of rotatable bonds is 10. The molecule has 0 radical (unpaired) electrons. The average molecular weight is 522 g/mol. The van der Waals surface area contributed by atoms with Crippen LogP contribution in [-0.4, -0.2) is 88.3 Å². The minimum Gasteiger partial charge on any atom is -0.481 e. The van der Waals surface area contributed by atoms with Gasteiger partial charge in [0, 0.05) is 24.1 Å². The van der Waals surface area contributed by atoms with Crippen LogP contribution in [0.5, 0.6) is 5.75 Å². The van der Waals surface area contributed by atoms with Crippen LogP contribution in [0.3, 0.4) is 0 Å². The van der Waals surface area contributed by atoms with E-state index in [4.69, 9.17) is 25.0 Å². The van der Waals surface area contributed by atoms with Gasteiger partial charge in [-0.3, -0.25) is 14.4 Å². The summed E-state index contributed by atoms with van der Waals surface area (Å²) in [7, 11) is 0. The van der Waals surface area contributed by atoms with E-state index in [0.29, 0.717) is 0 Å². The van der Waals surface area contributed by atoms with E-state index >= 15 is 0 Å². The van der Waals surface area contributed by atoms with E-state index in [1.807, 2.05) is 0 Å². The molecule has 200 valence electrons. The standard InChI is InChI=1S/C19H24N2O8.C2HF3O2/c1-12(22)21(15-4-6-20-7-5-15)10-16(23)13-2-3-17(29-28-11-19(26)27)14(8-13)9-18(24)25;3-2(4,5)1(6)7/h2-3,8,15,20H,4-7,9-11H2,1H3,(H,24,25)(H,26,27);(H,6,7). The fraction of sp³-hybridized carbons (Fsp3) is 0.476. The number of carbonyl (C=O) groups is 5. The summed E-state index contributed by atoms with van der Waals surface area (Å²) in [6.07, 6.45) is -4.02. The Balaban J connectivity index is 0.000000809. The third kappa shape index (κ3) is 10.7. The Labute approximate surface area is 202 Å². The molecule has 1 aromatic carbocycles. The number of aliphatic carboxylic acids is 3. The van der Waals surface area contributed by atoms with Crippen LogP contribution in [0.15, 0.2) is 18.2 Å². The van der Waals surface area contributed by atoms with Crippen molar-refractivity contribution in [2.45, 2.75) is 38.4 Å². The van der Waals surface area contributed by atoms with E-state index in [1.165, 1.54) is 25.1 Å². The lowest BCUT2D eigenvalue weighted by molar-refractivity contribution is -0.214. The third-order valence-corrected chi connectivity index (χ3v) is 4.77. The lowest BCUT2D eigenvalue weighted by atomic mass is 10.0. The Bertz CT molecular complexity index is 962. The lowest BCUT2D eigenvalue weighted by Gasteiger charge is -2.33. The molecule has 0 atom stereocenters. The smallest absolute Gasteiger partial charge is 0.481 e. The van der Waals surface area contributed by atoms with Crippen LogP contribution in [0, 0.1) is 0 Å². The van der Waals surface area contributed by atoms with Crippen molar-refractivity contribution >= 4 is 29.6 Å². The van der Waals surface area contributed by atoms with Crippen molar-refractivity contribution in [3.63, 3.8) is 0 Å². The van der Waals surface area contributed by atoms with Gasteiger partial charge in [-0.2, -0.15) is 18.1 Å². The molecule has 0 aliphatic carbocycles. The van der Waals surface area contributed by atoms with Crippen LogP contribution in [0.1, 0.15) is 35.7 Å². The maximum Gasteiger partial charge on any atom is 0.490 e. The largest absolute Gasteiger partial charge is 0.490 e. The Morgan fingerprint density at radius 2 is 1.64 bits per heavy atom. The molecule has 0 aromatic heterocycles. The first kappa shape index (κ1) is 30.3. The minimum absolute atomic E-state index is 0.00646. The third-order valence-electron chi connectivity index (χ3n) is 4.77. The molecule has 1 heterocycles. The number of benzene rings is 1. The Morgan fingerprint density at radius 3 is 2.11 bits per heavy atom. The molecule has 12 nitrogen and oxygen atoms in total. The fourth-order valence-corrected chi connectivity index (χ4v) is 3.14. The normalized spacial score (nSPS) is 13.7. The first-order valence-corrected chi connectivity index (χ1v) is 10.4. The van der Waals surface area contributed by atoms with Crippen molar-refractivity contribution in [1.29, 1.82) is 0 Å². The van der Waals surface area contributed by atoms with Crippen molar-refractivity contribution in [3.05, 3.63) is 29.3 Å². The molecule has 36 heavy (non-hydrogen) atoms. The SMILES string of the molecule is CC(=O)N(CC(=O)c1ccc(OOCC(=O)O)c(CC(=O)O)c1)C1CCNCC1.O=C(O)C(F)(F)F. The van der Waals surface area contributed by atoms with Crippen LogP contribution in [0.2, 0.25) is 0 Å². The molecule has 0 saturated carbocycles. The fourth-order valence-electron chi connectivity index (χ4n) is 3.14. The highest BCUT2D eigenvalue weighted by Gasteiger charge is 2.38. The second-order valence-electron chi connectivity index (χ2n) is 7.49. The number of Topliss-reactive ketones (excluding diaryl/α,β-unsaturated/α-hetero) is 1. The zero-order valence-electron chi connectivity index (χ0n) is 19.0. The maximum atomic E-state index is 12.7. The van der Waals surface area contributed by atoms with Crippen molar-refractivity contribution in [2.24, 2.45) is 0 Å². The van der Waals surface area contributed by atoms with E-state index in [1.54, 1.807) is 4.90 Å². The van der Waals surface area contributed by atoms with E-state index in [0.717, 1.165) is 25.9 Å². The van der Waals surface area contributed by atoms with Gasteiger partial charge >= 0.3 is 24.1 Å². The Kier molecular flexibility index (Phi) is 11.8. The van der Waals surface area contributed by atoms with Crippen LogP contribution in [0.4, 0.5) is 13.2 Å². The van der Waals surface area contributed by atoms with Crippen molar-refractivity contribution in [2.75, 3.05) is 26.2 Å². The van der Waals surface area contributed by atoms with Gasteiger partial charge in [0.2, 0.25) is 5.91 Å². The lowest BCUT2D eigenvalue weighted by Crippen LogP contribution is -2.47. The molecule has 1 saturated heterocycles. The van der Waals surface area contributed by atoms with Crippen molar-refractivity contribution < 1.29 is 62.2 Å². The number of nitrogens with one attached hydrogen (secondary N) is 1. The summed E-state index contributed by atoms with van der Waals surface area (Å²) in [6, 6.07) is 4.10. The number of carboxylic acid groups (broad SMARTS) is 3. The van der Waals surface area contributed by atoms with Crippen LogP contribution in [0.25, 0.3) is 0 Å². The van der Waals surface area contributed by atoms with Gasteiger partial charge in [0.25, 0.3) is 0 Å². The Morgan fingerprint density at radius 1 is 1.06 bits per heavy atom. The van der Waals surface area contributed by atoms with Gasteiger partial charge < -0.3 is 30.4 Å². The first-order valence-electron chi connectivity index (χ1n) is 10.4. The van der Waals surface area contributed by atoms with Gasteiger partial charge in [0.1, 0.15) is 0 Å². The number of amides is 1. The van der Waals surface area contributed by atoms with Gasteiger partial charge in [0.05, 0.1) is 13.0 Å². The summed E-state index contributed by atoms with van der Waals surface area (Å²) in [4.78, 5) is 66.3. The first-order chi connectivity index (χ1) is 16.7. The molecule has 2 rings (SSSR count). The summed E-state index contributed by atoms with van der Waals surface area (Å²) in [5.41, 5.74) is 0.386. The molecule has 1 aliphatic rings. The molecule has 0 spiro atoms. The Hall–Kier alpha value is -3.72. The van der Waals surface area contributed by atoms with E-state index in [2.05, 4.69) is 10.2 Å². The van der Waals surface area contributed by atoms with E-state index in [-0.39, 0.29) is 41.2 Å². The molecular weight excluding hydrogens is 497 g/mol. The topological polar surface area (TPSA) is 180 Å². The van der Waals surface area contributed by atoms with Gasteiger partial charge in [-0.1, -0.05) is 0 Å². The van der Waals surface area contributed by atoms with Crippen LogP contribution >= 0.6 is 0 Å². The number of nitrogens with zero attached hydrogens (tertiary/aromatic N) is 1. The predicted octanol–water partition coefficient (Wildman–Crippen LogP) is 1.13. The van der Waals surface area contributed by atoms with E-state index < -0.39 is 37.1 Å². The monoisotopic (exact) mass is 522 g/mol. The van der Waals surface area contributed by atoms with Crippen LogP contribution < -0.4 is 10.2 Å². The molecule has 1 aliphatic heterocycles. The summed E-state index contributed by atoms with van der Waals surface area (Å²) in [5, 5.41) is 28.0. The average Bonchev–Trinajstić information content (AvgIpc) is 2.77. The summed E-state index contributed by atoms with van der Waals surface area (Å²) in [6.45, 7) is 2.13. The van der Waals surface area contributed by atoms with E-state index in [9.17, 15) is 32.3 Å². The van der Waals surface area contributed by atoms with Gasteiger partial charge in [-0.05, 0) is 44.1 Å². The number of carboxylic acids is 3. The number of piperidine rings is 1. The van der Waals surface area contributed by atoms with Crippen molar-refractivity contribution in [3.8, 4) is 5.75 Å². The number of carbonyl (C=O) groups excluding carboxylic acids is 2. The number of hydrogen-bond donors (Lipinski definition) is 4. The number of ketones is 1. The molecule has 1 aromatic rings. The number of alkyl halides is 3. The minimum atomic E-state index is -5.08. The molecule has 0 unspecified atom stereocenters. The molecule has 15 heteroatoms. The quantitative estimate of drug-likeness (QED) is 0.196. The second-order valence-corrected chi connectivity index (χ2v) is 7.49. The molecular formula is C21H25F3N2O10. The number of hydrogen-bond acceptors (Lipinski definition) is 8. The van der Waals surface area contributed by atoms with Gasteiger partial charge in [-0.25, -0.2) is 9.59 Å². The summed E-state index contributed by atoms with van der Waals surface area (Å²) in [5.74, 6) is -5.68. The zero-order chi connectivity index (χ0) is 27.5. The molecule has 0 bridgehead atoms. The predicted molar refractivity (Wildman–Crippen MR) is 113 cm³/mol. The van der Waals surface area contributed by atoms with Gasteiger partial charge in [0.15, 0.2) is 18.1 Å². The van der Waals surface area contributed by atoms with Gasteiger partial charge in [-0.15, -0.1) is 0 Å². The summed E-state index contributed by atoms with van der Waals surface area (Å²) < 4.78 is 31.7. The highest BCUT2D eigenvalue weighted by molar-refractivity contribution is 5.99. The summed E-state index contributed by atoms with van der Waals surface area (Å²) >= 11 is 0. The van der Waals surface area contributed by atoms with Crippen LogP contribution in [-0.2, 0) is 30.5 Å². The number of halogens is 3. The highest BCUT2D eigenvalue weighted by atomic mass is 19.4.